The number of halogens is 2. The number of carbonyl (C=O) groups is 1. The van der Waals surface area contributed by atoms with E-state index < -0.39 is 11.7 Å². The van der Waals surface area contributed by atoms with E-state index in [2.05, 4.69) is 10.3 Å². The molecule has 188 valence electrons. The third kappa shape index (κ3) is 5.08. The number of imidazole rings is 1. The average Bonchev–Trinajstić information content (AvgIpc) is 3.17. The summed E-state index contributed by atoms with van der Waals surface area (Å²) in [6, 6.07) is 1.53. The van der Waals surface area contributed by atoms with Gasteiger partial charge < -0.3 is 15.8 Å². The van der Waals surface area contributed by atoms with Crippen LogP contribution in [0, 0.1) is 18.7 Å². The zero-order valence-corrected chi connectivity index (χ0v) is 21.5. The Bertz CT molecular complexity index is 1240. The van der Waals surface area contributed by atoms with Gasteiger partial charge in [-0.1, -0.05) is 37.8 Å². The molecule has 1 aromatic carbocycles. The molecule has 35 heavy (non-hydrogen) atoms. The Morgan fingerprint density at radius 3 is 2.71 bits per heavy atom. The first kappa shape index (κ1) is 25.2. The van der Waals surface area contributed by atoms with Crippen LogP contribution in [-0.4, -0.2) is 32.9 Å². The molecule has 1 saturated carbocycles. The van der Waals surface area contributed by atoms with Gasteiger partial charge in [0.1, 0.15) is 28.5 Å². The maximum Gasteiger partial charge on any atom is 0.258 e. The van der Waals surface area contributed by atoms with Crippen molar-refractivity contribution in [2.24, 2.45) is 5.92 Å². The van der Waals surface area contributed by atoms with Crippen LogP contribution in [0.4, 0.5) is 10.2 Å². The molecule has 0 saturated heterocycles. The van der Waals surface area contributed by atoms with Crippen molar-refractivity contribution in [2.75, 3.05) is 12.3 Å². The van der Waals surface area contributed by atoms with Crippen LogP contribution in [-0.2, 0) is 0 Å². The van der Waals surface area contributed by atoms with Gasteiger partial charge in [0.25, 0.3) is 5.91 Å². The molecule has 7 nitrogen and oxygen atoms in total. The second kappa shape index (κ2) is 10.4. The smallest absolute Gasteiger partial charge is 0.258 e. The van der Waals surface area contributed by atoms with Gasteiger partial charge in [-0.15, -0.1) is 0 Å². The number of hydrogen-bond acceptors (Lipinski definition) is 5. The zero-order valence-electron chi connectivity index (χ0n) is 20.7. The van der Waals surface area contributed by atoms with Gasteiger partial charge in [0.2, 0.25) is 0 Å². The predicted molar refractivity (Wildman–Crippen MR) is 136 cm³/mol. The number of amides is 1. The molecule has 0 aliphatic heterocycles. The number of nitrogens with one attached hydrogen (secondary N) is 1. The molecule has 1 fully saturated rings. The number of rotatable bonds is 7. The molecular formula is C26H33ClFN5O2. The monoisotopic (exact) mass is 501 g/mol. The highest BCUT2D eigenvalue weighted by Crippen LogP contribution is 2.40. The SMILES string of the molecule is Cc1nc(C(C)c2cc(Cl)c(F)c(C(=O)NCC3CCCCC3)c2OC(C)C)n2ccnc(N)c12. The van der Waals surface area contributed by atoms with E-state index in [9.17, 15) is 4.79 Å². The third-order valence-corrected chi connectivity index (χ3v) is 6.97. The van der Waals surface area contributed by atoms with Crippen LogP contribution in [0.2, 0.25) is 5.02 Å². The van der Waals surface area contributed by atoms with Crippen molar-refractivity contribution in [1.29, 1.82) is 0 Å². The molecule has 0 spiro atoms. The molecule has 0 bridgehead atoms. The molecule has 1 atom stereocenters. The summed E-state index contributed by atoms with van der Waals surface area (Å²) >= 11 is 6.33. The van der Waals surface area contributed by atoms with Crippen LogP contribution in [0.25, 0.3) is 5.52 Å². The zero-order chi connectivity index (χ0) is 25.3. The van der Waals surface area contributed by atoms with Gasteiger partial charge in [-0.25, -0.2) is 14.4 Å². The highest BCUT2D eigenvalue weighted by atomic mass is 35.5. The molecule has 3 aromatic rings. The highest BCUT2D eigenvalue weighted by molar-refractivity contribution is 6.31. The molecule has 2 aromatic heterocycles. The van der Waals surface area contributed by atoms with E-state index in [1.807, 2.05) is 32.1 Å². The minimum atomic E-state index is -0.781. The lowest BCUT2D eigenvalue weighted by Gasteiger charge is -2.24. The summed E-state index contributed by atoms with van der Waals surface area (Å²) in [5.74, 6) is -0.0527. The normalized spacial score (nSPS) is 15.5. The van der Waals surface area contributed by atoms with E-state index in [0.29, 0.717) is 35.2 Å². The number of benzene rings is 1. The first-order valence-electron chi connectivity index (χ1n) is 12.2. The summed E-state index contributed by atoms with van der Waals surface area (Å²) in [6.07, 6.45) is 8.78. The fraction of sp³-hybridized carbons (Fsp3) is 0.500. The van der Waals surface area contributed by atoms with Crippen molar-refractivity contribution >= 4 is 28.8 Å². The number of nitrogen functional groups attached to an aromatic ring is 1. The molecule has 0 radical (unpaired) electrons. The molecule has 2 heterocycles. The van der Waals surface area contributed by atoms with Gasteiger partial charge in [0.15, 0.2) is 5.82 Å². The fourth-order valence-electron chi connectivity index (χ4n) is 4.95. The Labute approximate surface area is 210 Å². The summed E-state index contributed by atoms with van der Waals surface area (Å²) in [5, 5.41) is 2.80. The average molecular weight is 502 g/mol. The van der Waals surface area contributed by atoms with E-state index in [1.54, 1.807) is 12.4 Å². The van der Waals surface area contributed by atoms with Crippen LogP contribution in [0.5, 0.6) is 5.75 Å². The first-order valence-corrected chi connectivity index (χ1v) is 12.6. The number of aromatic nitrogens is 3. The van der Waals surface area contributed by atoms with E-state index in [0.717, 1.165) is 31.4 Å². The Hall–Kier alpha value is -2.87. The topological polar surface area (TPSA) is 94.5 Å². The lowest BCUT2D eigenvalue weighted by molar-refractivity contribution is 0.0932. The van der Waals surface area contributed by atoms with Crippen molar-refractivity contribution in [3.63, 3.8) is 0 Å². The van der Waals surface area contributed by atoms with Crippen LogP contribution in [0.1, 0.15) is 86.2 Å². The van der Waals surface area contributed by atoms with E-state index >= 15 is 4.39 Å². The number of aryl methyl sites for hydroxylation is 1. The van der Waals surface area contributed by atoms with Crippen molar-refractivity contribution in [3.8, 4) is 5.75 Å². The van der Waals surface area contributed by atoms with Gasteiger partial charge in [0.05, 0.1) is 16.8 Å². The molecule has 1 aliphatic rings. The van der Waals surface area contributed by atoms with Crippen LogP contribution in [0.3, 0.4) is 0 Å². The Morgan fingerprint density at radius 2 is 2.03 bits per heavy atom. The molecule has 3 N–H and O–H groups in total. The molecule has 1 unspecified atom stereocenters. The van der Waals surface area contributed by atoms with Crippen LogP contribution < -0.4 is 15.8 Å². The van der Waals surface area contributed by atoms with Crippen molar-refractivity contribution < 1.29 is 13.9 Å². The lowest BCUT2D eigenvalue weighted by Crippen LogP contribution is -2.32. The summed E-state index contributed by atoms with van der Waals surface area (Å²) in [6.45, 7) is 7.97. The van der Waals surface area contributed by atoms with Gasteiger partial charge in [0, 0.05) is 30.4 Å². The minimum Gasteiger partial charge on any atom is -0.490 e. The fourth-order valence-corrected chi connectivity index (χ4v) is 5.16. The van der Waals surface area contributed by atoms with Crippen molar-refractivity contribution in [3.05, 3.63) is 51.9 Å². The van der Waals surface area contributed by atoms with Gasteiger partial charge >= 0.3 is 0 Å². The number of fused-ring (bicyclic) bond motifs is 1. The first-order chi connectivity index (χ1) is 16.7. The van der Waals surface area contributed by atoms with E-state index in [1.165, 1.54) is 12.5 Å². The number of anilines is 1. The highest BCUT2D eigenvalue weighted by Gasteiger charge is 2.30. The van der Waals surface area contributed by atoms with Crippen molar-refractivity contribution in [1.82, 2.24) is 19.7 Å². The number of ether oxygens (including phenoxy) is 1. The molecule has 4 rings (SSSR count). The van der Waals surface area contributed by atoms with Gasteiger partial charge in [-0.3, -0.25) is 9.20 Å². The lowest BCUT2D eigenvalue weighted by atomic mass is 9.89. The summed E-state index contributed by atoms with van der Waals surface area (Å²) in [7, 11) is 0. The summed E-state index contributed by atoms with van der Waals surface area (Å²) in [5.41, 5.74) is 7.93. The maximum atomic E-state index is 15.4. The third-order valence-electron chi connectivity index (χ3n) is 6.70. The molecular weight excluding hydrogens is 469 g/mol. The van der Waals surface area contributed by atoms with Gasteiger partial charge in [-0.2, -0.15) is 0 Å². The second-order valence-electron chi connectivity index (χ2n) is 9.65. The summed E-state index contributed by atoms with van der Waals surface area (Å²) < 4.78 is 23.3. The van der Waals surface area contributed by atoms with Gasteiger partial charge in [-0.05, 0) is 45.6 Å². The Kier molecular flexibility index (Phi) is 7.50. The number of nitrogens with zero attached hydrogens (tertiary/aromatic N) is 3. The standard InChI is InChI=1S/C26H33ClFN5O2/c1-14(2)35-23-18(15(3)25-32-16(4)22-24(29)30-10-11-33(22)25)12-19(27)21(28)20(23)26(34)31-13-17-8-6-5-7-9-17/h10-12,14-15,17H,5-9,13H2,1-4H3,(H2,29,30)(H,31,34). The molecule has 1 aliphatic carbocycles. The van der Waals surface area contributed by atoms with E-state index in [4.69, 9.17) is 27.1 Å². The van der Waals surface area contributed by atoms with E-state index in [-0.39, 0.29) is 28.4 Å². The Morgan fingerprint density at radius 1 is 1.31 bits per heavy atom. The van der Waals surface area contributed by atoms with Crippen LogP contribution in [0.15, 0.2) is 18.5 Å². The maximum absolute atomic E-state index is 15.4. The predicted octanol–water partition coefficient (Wildman–Crippen LogP) is 5.66. The number of hydrogen-bond donors (Lipinski definition) is 2. The molecule has 9 heteroatoms. The number of nitrogens with two attached hydrogens (primary N) is 1. The number of carbonyl (C=O) groups excluding carboxylic acids is 1. The molecule has 1 amide bonds. The largest absolute Gasteiger partial charge is 0.490 e. The van der Waals surface area contributed by atoms with Crippen LogP contribution >= 0.6 is 11.6 Å². The summed E-state index contributed by atoms with van der Waals surface area (Å²) in [4.78, 5) is 22.2. The van der Waals surface area contributed by atoms with Crippen molar-refractivity contribution in [2.45, 2.75) is 71.8 Å². The minimum absolute atomic E-state index is 0.135. The quantitative estimate of drug-likeness (QED) is 0.435. The second-order valence-corrected chi connectivity index (χ2v) is 10.1. The Balaban J connectivity index is 1.78.